The van der Waals surface area contributed by atoms with Crippen molar-refractivity contribution < 1.29 is 14.3 Å². The van der Waals surface area contributed by atoms with Gasteiger partial charge in [0.25, 0.3) is 0 Å². The van der Waals surface area contributed by atoms with Crippen molar-refractivity contribution in [3.05, 3.63) is 39.5 Å². The number of rotatable bonds is 2. The molecule has 0 N–H and O–H groups in total. The Hall–Kier alpha value is -1.62. The number of carbonyl (C=O) groups is 2. The van der Waals surface area contributed by atoms with Gasteiger partial charge in [0, 0.05) is 19.7 Å². The largest absolute Gasteiger partial charge is 0.496 e. The summed E-state index contributed by atoms with van der Waals surface area (Å²) < 4.78 is 5.46. The van der Waals surface area contributed by atoms with Crippen molar-refractivity contribution in [3.8, 4) is 5.75 Å². The Balaban J connectivity index is 2.73. The van der Waals surface area contributed by atoms with Gasteiger partial charge in [0.2, 0.25) is 11.6 Å². The molecular weight excluding hydrogens is 298 g/mol. The summed E-state index contributed by atoms with van der Waals surface area (Å²) in [6, 6.07) is 5.01. The molecule has 0 amide bonds. The first kappa shape index (κ1) is 12.8. The molecule has 0 unspecified atom stereocenters. The molecule has 2 rings (SSSR count). The quantitative estimate of drug-likeness (QED) is 0.840. The number of ether oxygens (including phenoxy) is 1. The lowest BCUT2D eigenvalue weighted by molar-refractivity contribution is 0.0957. The molecule has 5 heteroatoms. The molecule has 0 spiro atoms. The van der Waals surface area contributed by atoms with Gasteiger partial charge in [-0.1, -0.05) is 6.07 Å². The number of carbonyl (C=O) groups excluding carboxylic acids is 2. The summed E-state index contributed by atoms with van der Waals surface area (Å²) in [5.41, 5.74) is 1.05. The van der Waals surface area contributed by atoms with Crippen molar-refractivity contribution >= 4 is 27.5 Å². The average molecular weight is 310 g/mol. The van der Waals surface area contributed by atoms with Gasteiger partial charge in [-0.25, -0.2) is 0 Å². The number of hydrogen-bond acceptors (Lipinski definition) is 4. The lowest BCUT2D eigenvalue weighted by Gasteiger charge is -2.24. The minimum absolute atomic E-state index is 0.202. The minimum Gasteiger partial charge on any atom is -0.496 e. The van der Waals surface area contributed by atoms with Crippen LogP contribution in [0.3, 0.4) is 0 Å². The van der Waals surface area contributed by atoms with Crippen LogP contribution in [0, 0.1) is 0 Å². The van der Waals surface area contributed by atoms with Gasteiger partial charge in [-0.05, 0) is 28.1 Å². The van der Waals surface area contributed by atoms with Crippen molar-refractivity contribution in [2.24, 2.45) is 0 Å². The molecule has 94 valence electrons. The molecule has 1 aromatic carbocycles. The molecule has 4 nitrogen and oxygen atoms in total. The molecule has 0 fully saturated rings. The van der Waals surface area contributed by atoms with Gasteiger partial charge >= 0.3 is 0 Å². The molecule has 0 heterocycles. The number of ketones is 2. The van der Waals surface area contributed by atoms with E-state index in [9.17, 15) is 9.59 Å². The zero-order valence-electron chi connectivity index (χ0n) is 10.3. The second-order valence-corrected chi connectivity index (χ2v) is 4.89. The van der Waals surface area contributed by atoms with Gasteiger partial charge in [0.1, 0.15) is 11.4 Å². The zero-order valence-corrected chi connectivity index (χ0v) is 11.9. The maximum atomic E-state index is 12.4. The van der Waals surface area contributed by atoms with E-state index in [1.165, 1.54) is 7.11 Å². The second-order valence-electron chi connectivity index (χ2n) is 4.10. The molecule has 1 aliphatic carbocycles. The van der Waals surface area contributed by atoms with Crippen LogP contribution in [0.5, 0.6) is 5.75 Å². The topological polar surface area (TPSA) is 46.6 Å². The number of allylic oxidation sites excluding steroid dienone is 2. The Labute approximate surface area is 113 Å². The molecule has 0 radical (unpaired) electrons. The van der Waals surface area contributed by atoms with Crippen LogP contribution in [0.2, 0.25) is 0 Å². The monoisotopic (exact) mass is 309 g/mol. The number of fused-ring (bicyclic) bond motifs is 1. The van der Waals surface area contributed by atoms with E-state index in [0.717, 1.165) is 0 Å². The maximum Gasteiger partial charge on any atom is 0.214 e. The number of hydrogen-bond donors (Lipinski definition) is 0. The summed E-state index contributed by atoms with van der Waals surface area (Å²) in [7, 11) is 4.93. The van der Waals surface area contributed by atoms with E-state index in [-0.39, 0.29) is 11.6 Å². The Bertz CT molecular complexity index is 576. The average Bonchev–Trinajstić information content (AvgIpc) is 2.34. The number of likely N-dealkylation sites (N-methyl/N-ethyl adjacent to an activating group) is 1. The summed E-state index contributed by atoms with van der Waals surface area (Å²) >= 11 is 3.20. The van der Waals surface area contributed by atoms with E-state index < -0.39 is 0 Å². The molecule has 18 heavy (non-hydrogen) atoms. The van der Waals surface area contributed by atoms with Gasteiger partial charge < -0.3 is 9.64 Å². The fourth-order valence-corrected chi connectivity index (χ4v) is 2.72. The SMILES string of the molecule is COc1cccc2c1C(=O)C(N(C)C)=C(Br)C2=O. The highest BCUT2D eigenvalue weighted by Crippen LogP contribution is 2.35. The van der Waals surface area contributed by atoms with Gasteiger partial charge in [0.05, 0.1) is 17.2 Å². The third-order valence-electron chi connectivity index (χ3n) is 2.79. The fraction of sp³-hybridized carbons (Fsp3) is 0.231. The van der Waals surface area contributed by atoms with Crippen LogP contribution in [-0.4, -0.2) is 37.7 Å². The Morgan fingerprint density at radius 2 is 1.83 bits per heavy atom. The summed E-state index contributed by atoms with van der Waals surface area (Å²) in [6.07, 6.45) is 0. The van der Waals surface area contributed by atoms with E-state index in [2.05, 4.69) is 15.9 Å². The Morgan fingerprint density at radius 3 is 2.39 bits per heavy atom. The maximum absolute atomic E-state index is 12.4. The molecule has 1 aromatic rings. The Kier molecular flexibility index (Phi) is 3.26. The van der Waals surface area contributed by atoms with Gasteiger partial charge in [-0.2, -0.15) is 0 Å². The first-order chi connectivity index (χ1) is 8.49. The predicted octanol–water partition coefficient (Wildman–Crippen LogP) is 2.24. The molecule has 1 aliphatic rings. The highest BCUT2D eigenvalue weighted by atomic mass is 79.9. The minimum atomic E-state index is -0.209. The number of Topliss-reactive ketones (excluding diaryl/α,β-unsaturated/α-hetero) is 2. The van der Waals surface area contributed by atoms with Gasteiger partial charge in [-0.3, -0.25) is 9.59 Å². The summed E-state index contributed by atoms with van der Waals surface area (Å²) in [5.74, 6) is 0.0105. The van der Waals surface area contributed by atoms with Crippen molar-refractivity contribution in [2.45, 2.75) is 0 Å². The predicted molar refractivity (Wildman–Crippen MR) is 71.3 cm³/mol. The number of methoxy groups -OCH3 is 1. The van der Waals surface area contributed by atoms with E-state index in [1.807, 2.05) is 0 Å². The number of benzene rings is 1. The van der Waals surface area contributed by atoms with E-state index in [0.29, 0.717) is 27.1 Å². The van der Waals surface area contributed by atoms with Crippen molar-refractivity contribution in [2.75, 3.05) is 21.2 Å². The zero-order chi connectivity index (χ0) is 13.4. The summed E-state index contributed by atoms with van der Waals surface area (Å²) in [5, 5.41) is 0. The molecule has 0 atom stereocenters. The highest BCUT2D eigenvalue weighted by molar-refractivity contribution is 9.12. The van der Waals surface area contributed by atoms with Crippen LogP contribution in [0.1, 0.15) is 20.7 Å². The van der Waals surface area contributed by atoms with Crippen LogP contribution in [0.15, 0.2) is 28.4 Å². The summed E-state index contributed by atoms with van der Waals surface area (Å²) in [4.78, 5) is 26.3. The standard InChI is InChI=1S/C13H12BrNO3/c1-15(2)11-10(14)12(16)7-5-4-6-8(18-3)9(7)13(11)17/h4-6H,1-3H3. The lowest BCUT2D eigenvalue weighted by Crippen LogP contribution is -2.28. The van der Waals surface area contributed by atoms with Crippen LogP contribution < -0.4 is 4.74 Å². The van der Waals surface area contributed by atoms with Crippen LogP contribution in [0.25, 0.3) is 0 Å². The van der Waals surface area contributed by atoms with E-state index >= 15 is 0 Å². The number of halogens is 1. The van der Waals surface area contributed by atoms with E-state index in [1.54, 1.807) is 37.2 Å². The molecule has 0 aromatic heterocycles. The third-order valence-corrected chi connectivity index (χ3v) is 3.52. The normalized spacial score (nSPS) is 14.7. The molecule has 0 aliphatic heterocycles. The lowest BCUT2D eigenvalue weighted by atomic mass is 9.91. The van der Waals surface area contributed by atoms with E-state index in [4.69, 9.17) is 4.74 Å². The van der Waals surface area contributed by atoms with Crippen LogP contribution >= 0.6 is 15.9 Å². The number of nitrogens with zero attached hydrogens (tertiary/aromatic N) is 1. The summed E-state index contributed by atoms with van der Waals surface area (Å²) in [6.45, 7) is 0. The molecule has 0 bridgehead atoms. The van der Waals surface area contributed by atoms with Crippen molar-refractivity contribution in [1.82, 2.24) is 4.90 Å². The van der Waals surface area contributed by atoms with Crippen molar-refractivity contribution in [3.63, 3.8) is 0 Å². The van der Waals surface area contributed by atoms with Gasteiger partial charge in [-0.15, -0.1) is 0 Å². The third kappa shape index (κ3) is 1.75. The molecule has 0 saturated heterocycles. The first-order valence-electron chi connectivity index (χ1n) is 5.32. The molecular formula is C13H12BrNO3. The smallest absolute Gasteiger partial charge is 0.214 e. The van der Waals surface area contributed by atoms with Crippen LogP contribution in [0.4, 0.5) is 0 Å². The Morgan fingerprint density at radius 1 is 1.17 bits per heavy atom. The van der Waals surface area contributed by atoms with Gasteiger partial charge in [0.15, 0.2) is 0 Å². The van der Waals surface area contributed by atoms with Crippen LogP contribution in [-0.2, 0) is 0 Å². The second kappa shape index (κ2) is 4.57. The molecule has 0 saturated carbocycles. The fourth-order valence-electron chi connectivity index (χ4n) is 1.97. The van der Waals surface area contributed by atoms with Crippen molar-refractivity contribution in [1.29, 1.82) is 0 Å². The first-order valence-corrected chi connectivity index (χ1v) is 6.11. The highest BCUT2D eigenvalue weighted by Gasteiger charge is 2.34.